The smallest absolute Gasteiger partial charge is 0.346 e. The lowest BCUT2D eigenvalue weighted by Gasteiger charge is -2.52. The number of rotatable bonds is 1. The Morgan fingerprint density at radius 2 is 2.05 bits per heavy atom. The Balaban J connectivity index is 2.50. The van der Waals surface area contributed by atoms with Crippen molar-refractivity contribution in [3.05, 3.63) is 12.2 Å². The molecule has 4 atom stereocenters. The summed E-state index contributed by atoms with van der Waals surface area (Å²) in [5, 5.41) is 9.96. The van der Waals surface area contributed by atoms with Crippen molar-refractivity contribution >= 4 is 11.8 Å². The fourth-order valence-electron chi connectivity index (χ4n) is 3.62. The average Bonchev–Trinajstić information content (AvgIpc) is 2.37. The maximum Gasteiger partial charge on any atom is 0.346 e. The Morgan fingerprint density at radius 1 is 1.42 bits per heavy atom. The third kappa shape index (κ3) is 1.76. The van der Waals surface area contributed by atoms with Crippen LogP contribution >= 0.6 is 0 Å². The van der Waals surface area contributed by atoms with Crippen molar-refractivity contribution in [3.8, 4) is 0 Å². The van der Waals surface area contributed by atoms with Crippen molar-refractivity contribution < 1.29 is 19.4 Å². The summed E-state index contributed by atoms with van der Waals surface area (Å²) in [6, 6.07) is 0. The molecule has 106 valence electrons. The number of Topliss-reactive ketones (excluding diaryl/α,β-unsaturated/α-hetero) is 1. The molecule has 0 aromatic heterocycles. The van der Waals surface area contributed by atoms with Crippen molar-refractivity contribution in [1.29, 1.82) is 0 Å². The molecule has 0 aromatic carbocycles. The maximum atomic E-state index is 12.3. The highest BCUT2D eigenvalue weighted by Gasteiger charge is 2.61. The lowest BCUT2D eigenvalue weighted by Crippen LogP contribution is -2.64. The summed E-state index contributed by atoms with van der Waals surface area (Å²) in [5.74, 6) is -1.26. The molecule has 0 bridgehead atoms. The Bertz CT molecular complexity index is 437. The first-order valence-corrected chi connectivity index (χ1v) is 6.98. The second kappa shape index (κ2) is 4.44. The predicted octanol–water partition coefficient (Wildman–Crippen LogP) is 2.00. The van der Waals surface area contributed by atoms with Gasteiger partial charge in [-0.3, -0.25) is 4.79 Å². The first-order valence-electron chi connectivity index (χ1n) is 6.98. The molecule has 1 saturated carbocycles. The summed E-state index contributed by atoms with van der Waals surface area (Å²) in [6.45, 7) is 9.07. The van der Waals surface area contributed by atoms with Crippen LogP contribution < -0.4 is 0 Å². The Labute approximate surface area is 113 Å². The van der Waals surface area contributed by atoms with E-state index in [2.05, 4.69) is 6.58 Å². The van der Waals surface area contributed by atoms with Crippen LogP contribution in [0.1, 0.15) is 46.5 Å². The van der Waals surface area contributed by atoms with Gasteiger partial charge in [0.25, 0.3) is 0 Å². The molecule has 4 heteroatoms. The molecular weight excluding hydrogens is 244 g/mol. The number of carbonyl (C=O) groups excluding carboxylic acids is 2. The van der Waals surface area contributed by atoms with Crippen LogP contribution in [0.15, 0.2) is 12.2 Å². The molecule has 19 heavy (non-hydrogen) atoms. The van der Waals surface area contributed by atoms with Crippen molar-refractivity contribution in [2.24, 2.45) is 11.8 Å². The van der Waals surface area contributed by atoms with Gasteiger partial charge in [0.2, 0.25) is 11.4 Å². The number of ketones is 1. The van der Waals surface area contributed by atoms with Crippen LogP contribution in [0.4, 0.5) is 0 Å². The van der Waals surface area contributed by atoms with E-state index in [0.29, 0.717) is 0 Å². The molecule has 1 spiro atoms. The van der Waals surface area contributed by atoms with E-state index in [1.165, 1.54) is 6.92 Å². The van der Waals surface area contributed by atoms with E-state index >= 15 is 0 Å². The van der Waals surface area contributed by atoms with E-state index in [9.17, 15) is 14.7 Å². The molecule has 4 nitrogen and oxygen atoms in total. The maximum absolute atomic E-state index is 12.3. The summed E-state index contributed by atoms with van der Waals surface area (Å²) >= 11 is 0. The number of hydrogen-bond donors (Lipinski definition) is 1. The summed E-state index contributed by atoms with van der Waals surface area (Å²) in [7, 11) is 0. The van der Waals surface area contributed by atoms with Gasteiger partial charge < -0.3 is 9.84 Å². The molecule has 2 fully saturated rings. The zero-order valence-electron chi connectivity index (χ0n) is 11.9. The SMILES string of the molecule is C=C1C(=O)[C@](C)(O)C(=O)O[C@]12[C@@H](CC)CCC[C@H]2C. The Kier molecular flexibility index (Phi) is 3.33. The fraction of sp³-hybridized carbons (Fsp3) is 0.733. The lowest BCUT2D eigenvalue weighted by molar-refractivity contribution is -0.202. The molecular formula is C15H22O4. The van der Waals surface area contributed by atoms with Crippen LogP contribution in [0.3, 0.4) is 0 Å². The minimum atomic E-state index is -2.09. The summed E-state index contributed by atoms with van der Waals surface area (Å²) in [5.41, 5.74) is -2.74. The topological polar surface area (TPSA) is 63.6 Å². The van der Waals surface area contributed by atoms with Gasteiger partial charge in [0.05, 0.1) is 0 Å². The quantitative estimate of drug-likeness (QED) is 0.448. The first-order chi connectivity index (χ1) is 8.78. The largest absolute Gasteiger partial charge is 0.451 e. The van der Waals surface area contributed by atoms with Crippen LogP contribution in [0, 0.1) is 11.8 Å². The molecule has 2 aliphatic rings. The van der Waals surface area contributed by atoms with Gasteiger partial charge in [-0.2, -0.15) is 0 Å². The minimum Gasteiger partial charge on any atom is -0.451 e. The molecule has 0 amide bonds. The summed E-state index contributed by atoms with van der Waals surface area (Å²) in [4.78, 5) is 24.3. The van der Waals surface area contributed by atoms with Gasteiger partial charge in [-0.15, -0.1) is 0 Å². The zero-order chi connectivity index (χ0) is 14.4. The van der Waals surface area contributed by atoms with Gasteiger partial charge in [0.1, 0.15) is 5.60 Å². The van der Waals surface area contributed by atoms with E-state index in [0.717, 1.165) is 25.7 Å². The van der Waals surface area contributed by atoms with Crippen LogP contribution in [0.2, 0.25) is 0 Å². The molecule has 0 aromatic rings. The van der Waals surface area contributed by atoms with Crippen molar-refractivity contribution in [3.63, 3.8) is 0 Å². The molecule has 1 aliphatic carbocycles. The first kappa shape index (κ1) is 14.3. The number of aliphatic hydroxyl groups is 1. The lowest BCUT2D eigenvalue weighted by atomic mass is 9.61. The fourth-order valence-corrected chi connectivity index (χ4v) is 3.62. The number of esters is 1. The van der Waals surface area contributed by atoms with Crippen molar-refractivity contribution in [2.45, 2.75) is 57.7 Å². The molecule has 1 aliphatic heterocycles. The molecule has 1 heterocycles. The number of hydrogen-bond acceptors (Lipinski definition) is 4. The number of carbonyl (C=O) groups is 2. The minimum absolute atomic E-state index is 0.0581. The van der Waals surface area contributed by atoms with Crippen molar-refractivity contribution in [1.82, 2.24) is 0 Å². The second-order valence-electron chi connectivity index (χ2n) is 6.00. The molecule has 0 radical (unpaired) electrons. The van der Waals surface area contributed by atoms with Crippen LogP contribution in [-0.4, -0.2) is 28.1 Å². The van der Waals surface area contributed by atoms with Crippen molar-refractivity contribution in [2.75, 3.05) is 0 Å². The van der Waals surface area contributed by atoms with E-state index < -0.39 is 23.0 Å². The zero-order valence-corrected chi connectivity index (χ0v) is 11.9. The van der Waals surface area contributed by atoms with E-state index in [1.54, 1.807) is 0 Å². The average molecular weight is 266 g/mol. The number of ether oxygens (including phenoxy) is 1. The van der Waals surface area contributed by atoms with E-state index in [-0.39, 0.29) is 17.4 Å². The summed E-state index contributed by atoms with van der Waals surface area (Å²) < 4.78 is 5.62. The third-order valence-corrected chi connectivity index (χ3v) is 4.87. The van der Waals surface area contributed by atoms with Gasteiger partial charge in [-0.1, -0.05) is 26.8 Å². The third-order valence-electron chi connectivity index (χ3n) is 4.87. The predicted molar refractivity (Wildman–Crippen MR) is 70.4 cm³/mol. The Hall–Kier alpha value is -1.16. The highest BCUT2D eigenvalue weighted by molar-refractivity contribution is 6.17. The molecule has 1 N–H and O–H groups in total. The van der Waals surface area contributed by atoms with Gasteiger partial charge in [0.15, 0.2) is 0 Å². The normalized spacial score (nSPS) is 43.5. The monoisotopic (exact) mass is 266 g/mol. The van der Waals surface area contributed by atoms with Crippen LogP contribution in [0.25, 0.3) is 0 Å². The Morgan fingerprint density at radius 3 is 2.63 bits per heavy atom. The second-order valence-corrected chi connectivity index (χ2v) is 6.00. The van der Waals surface area contributed by atoms with E-state index in [4.69, 9.17) is 4.74 Å². The van der Waals surface area contributed by atoms with Gasteiger partial charge in [-0.05, 0) is 26.2 Å². The molecule has 0 unspecified atom stereocenters. The molecule has 1 saturated heterocycles. The molecule has 2 rings (SSSR count). The van der Waals surface area contributed by atoms with Gasteiger partial charge in [0, 0.05) is 17.4 Å². The standard InChI is InChI=1S/C15H22O4/c1-5-11-8-6-7-9(2)15(11)10(3)12(16)14(4,18)13(17)19-15/h9,11,18H,3,5-8H2,1-2,4H3/t9-,11+,14+,15+/m1/s1. The van der Waals surface area contributed by atoms with Crippen LogP contribution in [-0.2, 0) is 14.3 Å². The van der Waals surface area contributed by atoms with Crippen LogP contribution in [0.5, 0.6) is 0 Å². The highest BCUT2D eigenvalue weighted by atomic mass is 16.6. The highest BCUT2D eigenvalue weighted by Crippen LogP contribution is 2.50. The van der Waals surface area contributed by atoms with Gasteiger partial charge in [-0.25, -0.2) is 4.79 Å². The van der Waals surface area contributed by atoms with E-state index in [1.807, 2.05) is 13.8 Å². The van der Waals surface area contributed by atoms with Gasteiger partial charge >= 0.3 is 5.97 Å². The summed E-state index contributed by atoms with van der Waals surface area (Å²) in [6.07, 6.45) is 3.71.